The Morgan fingerprint density at radius 1 is 1.44 bits per heavy atom. The van der Waals surface area contributed by atoms with Crippen LogP contribution in [0.25, 0.3) is 0 Å². The van der Waals surface area contributed by atoms with Crippen LogP contribution in [0.5, 0.6) is 0 Å². The SMILES string of the molecule is Cc1nc(C(=O)N2CCC(C)C(C)C2)n[nH]1. The Hall–Kier alpha value is -1.39. The maximum Gasteiger partial charge on any atom is 0.293 e. The van der Waals surface area contributed by atoms with E-state index in [-0.39, 0.29) is 5.91 Å². The van der Waals surface area contributed by atoms with Crippen LogP contribution in [0.15, 0.2) is 0 Å². The summed E-state index contributed by atoms with van der Waals surface area (Å²) in [5, 5.41) is 6.61. The maximum atomic E-state index is 12.0. The van der Waals surface area contributed by atoms with Crippen molar-refractivity contribution in [1.29, 1.82) is 0 Å². The fraction of sp³-hybridized carbons (Fsp3) is 0.727. The standard InChI is InChI=1S/C11H18N4O/c1-7-4-5-15(6-8(7)2)11(16)10-12-9(3)13-14-10/h7-8H,4-6H2,1-3H3,(H,12,13,14). The molecule has 1 N–H and O–H groups in total. The fourth-order valence-electron chi connectivity index (χ4n) is 2.03. The van der Waals surface area contributed by atoms with Gasteiger partial charge in [0, 0.05) is 13.1 Å². The summed E-state index contributed by atoms with van der Waals surface area (Å²) in [6, 6.07) is 0. The lowest BCUT2D eigenvalue weighted by Crippen LogP contribution is -2.42. The van der Waals surface area contributed by atoms with Crippen LogP contribution in [0.3, 0.4) is 0 Å². The van der Waals surface area contributed by atoms with Crippen LogP contribution in [-0.4, -0.2) is 39.1 Å². The van der Waals surface area contributed by atoms with Gasteiger partial charge in [0.15, 0.2) is 0 Å². The van der Waals surface area contributed by atoms with Crippen molar-refractivity contribution in [2.45, 2.75) is 27.2 Å². The molecule has 2 unspecified atom stereocenters. The molecule has 2 atom stereocenters. The van der Waals surface area contributed by atoms with Gasteiger partial charge < -0.3 is 4.90 Å². The van der Waals surface area contributed by atoms with Gasteiger partial charge in [0.05, 0.1) is 0 Å². The number of amides is 1. The Kier molecular flexibility index (Phi) is 2.94. The Morgan fingerprint density at radius 2 is 2.19 bits per heavy atom. The van der Waals surface area contributed by atoms with Crippen molar-refractivity contribution < 1.29 is 4.79 Å². The van der Waals surface area contributed by atoms with Gasteiger partial charge in [0.25, 0.3) is 5.91 Å². The molecule has 1 aliphatic rings. The minimum absolute atomic E-state index is 0.0527. The number of aromatic nitrogens is 3. The molecule has 0 saturated carbocycles. The molecule has 1 aromatic rings. The summed E-state index contributed by atoms with van der Waals surface area (Å²) >= 11 is 0. The van der Waals surface area contributed by atoms with E-state index in [2.05, 4.69) is 29.0 Å². The highest BCUT2D eigenvalue weighted by atomic mass is 16.2. The zero-order valence-electron chi connectivity index (χ0n) is 10.0. The molecule has 0 bridgehead atoms. The van der Waals surface area contributed by atoms with Crippen molar-refractivity contribution in [2.75, 3.05) is 13.1 Å². The van der Waals surface area contributed by atoms with E-state index in [1.54, 1.807) is 6.92 Å². The molecule has 2 heterocycles. The molecule has 16 heavy (non-hydrogen) atoms. The van der Waals surface area contributed by atoms with Gasteiger partial charge in [-0.05, 0) is 25.2 Å². The molecule has 1 fully saturated rings. The number of piperidine rings is 1. The Labute approximate surface area is 95.2 Å². The van der Waals surface area contributed by atoms with E-state index < -0.39 is 0 Å². The van der Waals surface area contributed by atoms with Gasteiger partial charge in [-0.25, -0.2) is 4.98 Å². The molecular formula is C11H18N4O. The molecule has 0 aromatic carbocycles. The van der Waals surface area contributed by atoms with E-state index in [1.807, 2.05) is 4.90 Å². The highest BCUT2D eigenvalue weighted by Crippen LogP contribution is 2.23. The number of rotatable bonds is 1. The number of hydrogen-bond acceptors (Lipinski definition) is 3. The maximum absolute atomic E-state index is 12.0. The first-order valence-corrected chi connectivity index (χ1v) is 5.76. The van der Waals surface area contributed by atoms with Crippen LogP contribution in [0.2, 0.25) is 0 Å². The van der Waals surface area contributed by atoms with E-state index in [9.17, 15) is 4.79 Å². The molecule has 0 aliphatic carbocycles. The van der Waals surface area contributed by atoms with Gasteiger partial charge in [0.1, 0.15) is 5.82 Å². The van der Waals surface area contributed by atoms with Crippen molar-refractivity contribution in [3.05, 3.63) is 11.6 Å². The first kappa shape index (κ1) is 11.1. The number of likely N-dealkylation sites (tertiary alicyclic amines) is 1. The Morgan fingerprint density at radius 3 is 2.75 bits per heavy atom. The molecule has 2 rings (SSSR count). The number of carbonyl (C=O) groups excluding carboxylic acids is 1. The molecule has 1 amide bonds. The number of carbonyl (C=O) groups is 1. The third-order valence-corrected chi connectivity index (χ3v) is 3.41. The molecule has 88 valence electrons. The summed E-state index contributed by atoms with van der Waals surface area (Å²) in [4.78, 5) is 18.0. The normalized spacial score (nSPS) is 25.8. The largest absolute Gasteiger partial charge is 0.336 e. The predicted molar refractivity (Wildman–Crippen MR) is 60.0 cm³/mol. The lowest BCUT2D eigenvalue weighted by atomic mass is 9.89. The second-order valence-corrected chi connectivity index (χ2v) is 4.74. The fourth-order valence-corrected chi connectivity index (χ4v) is 2.03. The van der Waals surface area contributed by atoms with Crippen molar-refractivity contribution in [3.8, 4) is 0 Å². The summed E-state index contributed by atoms with van der Waals surface area (Å²) in [6.45, 7) is 7.85. The zero-order chi connectivity index (χ0) is 11.7. The van der Waals surface area contributed by atoms with Crippen molar-refractivity contribution in [3.63, 3.8) is 0 Å². The Bertz CT molecular complexity index is 387. The van der Waals surface area contributed by atoms with Crippen LogP contribution >= 0.6 is 0 Å². The second-order valence-electron chi connectivity index (χ2n) is 4.74. The highest BCUT2D eigenvalue weighted by molar-refractivity contribution is 5.90. The summed E-state index contributed by atoms with van der Waals surface area (Å²) in [7, 11) is 0. The summed E-state index contributed by atoms with van der Waals surface area (Å²) in [6.07, 6.45) is 1.07. The van der Waals surface area contributed by atoms with E-state index in [4.69, 9.17) is 0 Å². The Balaban J connectivity index is 2.06. The van der Waals surface area contributed by atoms with E-state index in [0.717, 1.165) is 19.5 Å². The lowest BCUT2D eigenvalue weighted by molar-refractivity contribution is 0.0615. The summed E-state index contributed by atoms with van der Waals surface area (Å²) in [5.41, 5.74) is 0. The third-order valence-electron chi connectivity index (χ3n) is 3.41. The van der Waals surface area contributed by atoms with Crippen molar-refractivity contribution in [2.24, 2.45) is 11.8 Å². The van der Waals surface area contributed by atoms with Crippen LogP contribution in [0, 0.1) is 18.8 Å². The number of hydrogen-bond donors (Lipinski definition) is 1. The van der Waals surface area contributed by atoms with Crippen molar-refractivity contribution >= 4 is 5.91 Å². The molecule has 1 saturated heterocycles. The molecular weight excluding hydrogens is 204 g/mol. The summed E-state index contributed by atoms with van der Waals surface area (Å²) in [5.74, 6) is 2.17. The molecule has 1 aliphatic heterocycles. The van der Waals surface area contributed by atoms with Crippen LogP contribution in [0.4, 0.5) is 0 Å². The number of H-pyrrole nitrogens is 1. The molecule has 0 spiro atoms. The molecule has 1 aromatic heterocycles. The van der Waals surface area contributed by atoms with Crippen molar-refractivity contribution in [1.82, 2.24) is 20.1 Å². The second kappa shape index (κ2) is 4.23. The van der Waals surface area contributed by atoms with Crippen LogP contribution in [-0.2, 0) is 0 Å². The van der Waals surface area contributed by atoms with Crippen LogP contribution in [0.1, 0.15) is 36.7 Å². The first-order valence-electron chi connectivity index (χ1n) is 5.76. The smallest absolute Gasteiger partial charge is 0.293 e. The quantitative estimate of drug-likeness (QED) is 0.777. The van der Waals surface area contributed by atoms with E-state index in [1.165, 1.54) is 0 Å². The van der Waals surface area contributed by atoms with Gasteiger partial charge in [-0.2, -0.15) is 0 Å². The minimum Gasteiger partial charge on any atom is -0.336 e. The topological polar surface area (TPSA) is 61.9 Å². The van der Waals surface area contributed by atoms with Gasteiger partial charge in [-0.1, -0.05) is 13.8 Å². The number of nitrogens with zero attached hydrogens (tertiary/aromatic N) is 3. The van der Waals surface area contributed by atoms with E-state index in [0.29, 0.717) is 23.5 Å². The monoisotopic (exact) mass is 222 g/mol. The van der Waals surface area contributed by atoms with Gasteiger partial charge in [-0.3, -0.25) is 9.89 Å². The van der Waals surface area contributed by atoms with Crippen LogP contribution < -0.4 is 0 Å². The van der Waals surface area contributed by atoms with Gasteiger partial charge >= 0.3 is 0 Å². The summed E-state index contributed by atoms with van der Waals surface area (Å²) < 4.78 is 0. The van der Waals surface area contributed by atoms with Gasteiger partial charge in [0.2, 0.25) is 5.82 Å². The highest BCUT2D eigenvalue weighted by Gasteiger charge is 2.28. The zero-order valence-corrected chi connectivity index (χ0v) is 10.0. The number of aromatic amines is 1. The molecule has 5 heteroatoms. The van der Waals surface area contributed by atoms with Gasteiger partial charge in [-0.15, -0.1) is 5.10 Å². The molecule has 0 radical (unpaired) electrons. The third kappa shape index (κ3) is 2.08. The number of nitrogens with one attached hydrogen (secondary N) is 1. The van der Waals surface area contributed by atoms with E-state index >= 15 is 0 Å². The first-order chi connectivity index (χ1) is 7.58. The minimum atomic E-state index is -0.0527. The predicted octanol–water partition coefficient (Wildman–Crippen LogP) is 1.23. The average molecular weight is 222 g/mol. The number of aryl methyl sites for hydroxylation is 1. The lowest BCUT2D eigenvalue weighted by Gasteiger charge is -2.34. The average Bonchev–Trinajstić information content (AvgIpc) is 2.68. The molecule has 5 nitrogen and oxygen atoms in total.